The molecule has 0 radical (unpaired) electrons. The van der Waals surface area contributed by atoms with Crippen LogP contribution in [0.3, 0.4) is 0 Å². The van der Waals surface area contributed by atoms with Gasteiger partial charge in [0.1, 0.15) is 5.76 Å². The largest absolute Gasteiger partial charge is 0.496 e. The topological polar surface area (TPSA) is 38.3 Å². The van der Waals surface area contributed by atoms with Crippen molar-refractivity contribution in [3.63, 3.8) is 0 Å². The van der Waals surface area contributed by atoms with E-state index in [-0.39, 0.29) is 5.91 Å². The number of hydrogen-bond acceptors (Lipinski definition) is 3. The summed E-state index contributed by atoms with van der Waals surface area (Å²) in [5, 5.41) is 2.77. The van der Waals surface area contributed by atoms with Gasteiger partial charge in [0.25, 0.3) is 0 Å². The van der Waals surface area contributed by atoms with Crippen molar-refractivity contribution in [2.45, 2.75) is 6.42 Å². The van der Waals surface area contributed by atoms with Gasteiger partial charge in [-0.05, 0) is 12.3 Å². The first-order valence-corrected chi connectivity index (χ1v) is 5.30. The van der Waals surface area contributed by atoms with Crippen molar-refractivity contribution in [3.05, 3.63) is 11.8 Å². The van der Waals surface area contributed by atoms with Crippen molar-refractivity contribution in [1.82, 2.24) is 5.32 Å². The third kappa shape index (κ3) is 3.17. The molecule has 1 rings (SSSR count). The molecule has 0 saturated heterocycles. The standard InChI is InChI=1S/C8H13NO2S/c1-12-6-8(10)9-5-7-3-2-4-11-7/h3H,2,4-6H2,1H3,(H,9,10). The zero-order chi connectivity index (χ0) is 8.81. The Bertz CT molecular complexity index is 191. The van der Waals surface area contributed by atoms with Gasteiger partial charge in [0, 0.05) is 6.42 Å². The lowest BCUT2D eigenvalue weighted by Gasteiger charge is -2.04. The summed E-state index contributed by atoms with van der Waals surface area (Å²) in [6, 6.07) is 0. The molecule has 0 unspecified atom stereocenters. The number of carbonyl (C=O) groups excluding carboxylic acids is 1. The van der Waals surface area contributed by atoms with Crippen LogP contribution < -0.4 is 5.32 Å². The molecule has 0 spiro atoms. The van der Waals surface area contributed by atoms with Crippen LogP contribution in [0.25, 0.3) is 0 Å². The van der Waals surface area contributed by atoms with Crippen LogP contribution >= 0.6 is 11.8 Å². The number of amides is 1. The van der Waals surface area contributed by atoms with Crippen molar-refractivity contribution < 1.29 is 9.53 Å². The van der Waals surface area contributed by atoms with Gasteiger partial charge in [-0.25, -0.2) is 0 Å². The van der Waals surface area contributed by atoms with Crippen molar-refractivity contribution in [2.24, 2.45) is 0 Å². The minimum absolute atomic E-state index is 0.0684. The van der Waals surface area contributed by atoms with E-state index in [9.17, 15) is 4.79 Å². The maximum atomic E-state index is 11.0. The van der Waals surface area contributed by atoms with E-state index in [0.717, 1.165) is 18.8 Å². The Hall–Kier alpha value is -0.640. The first-order chi connectivity index (χ1) is 5.83. The van der Waals surface area contributed by atoms with Crippen LogP contribution in [0.4, 0.5) is 0 Å². The molecule has 0 aromatic heterocycles. The Kier molecular flexibility index (Phi) is 4.00. The highest BCUT2D eigenvalue weighted by Gasteiger charge is 2.06. The first kappa shape index (κ1) is 9.45. The molecule has 0 aliphatic carbocycles. The molecular weight excluding hydrogens is 174 g/mol. The third-order valence-electron chi connectivity index (χ3n) is 1.51. The number of thioether (sulfide) groups is 1. The van der Waals surface area contributed by atoms with E-state index in [4.69, 9.17) is 4.74 Å². The maximum absolute atomic E-state index is 11.0. The highest BCUT2D eigenvalue weighted by molar-refractivity contribution is 7.99. The average molecular weight is 187 g/mol. The molecule has 0 saturated carbocycles. The van der Waals surface area contributed by atoms with Crippen LogP contribution in [0.1, 0.15) is 6.42 Å². The van der Waals surface area contributed by atoms with E-state index >= 15 is 0 Å². The molecule has 0 bridgehead atoms. The maximum Gasteiger partial charge on any atom is 0.230 e. The van der Waals surface area contributed by atoms with Gasteiger partial charge in [0.05, 0.1) is 18.9 Å². The van der Waals surface area contributed by atoms with Crippen molar-refractivity contribution in [2.75, 3.05) is 25.2 Å². The molecule has 0 aromatic carbocycles. The predicted octanol–water partition coefficient (Wildman–Crippen LogP) is 0.770. The zero-order valence-corrected chi connectivity index (χ0v) is 7.95. The van der Waals surface area contributed by atoms with Crippen molar-refractivity contribution in [1.29, 1.82) is 0 Å². The molecule has 1 heterocycles. The molecule has 4 heteroatoms. The summed E-state index contributed by atoms with van der Waals surface area (Å²) in [5.41, 5.74) is 0. The molecule has 1 amide bonds. The van der Waals surface area contributed by atoms with Gasteiger partial charge in [-0.15, -0.1) is 0 Å². The smallest absolute Gasteiger partial charge is 0.230 e. The van der Waals surface area contributed by atoms with Gasteiger partial charge in [-0.2, -0.15) is 11.8 Å². The fraction of sp³-hybridized carbons (Fsp3) is 0.625. The van der Waals surface area contributed by atoms with Gasteiger partial charge in [-0.1, -0.05) is 0 Å². The summed E-state index contributed by atoms with van der Waals surface area (Å²) in [7, 11) is 0. The van der Waals surface area contributed by atoms with Gasteiger partial charge in [-0.3, -0.25) is 4.79 Å². The number of hydrogen-bond donors (Lipinski definition) is 1. The predicted molar refractivity (Wildman–Crippen MR) is 50.0 cm³/mol. The number of ether oxygens (including phenoxy) is 1. The summed E-state index contributed by atoms with van der Waals surface area (Å²) in [5.74, 6) is 1.48. The molecule has 0 fully saturated rings. The average Bonchev–Trinajstić information content (AvgIpc) is 2.53. The van der Waals surface area contributed by atoms with E-state index in [1.807, 2.05) is 12.3 Å². The van der Waals surface area contributed by atoms with Crippen LogP contribution in [0.2, 0.25) is 0 Å². The fourth-order valence-electron chi connectivity index (χ4n) is 0.960. The van der Waals surface area contributed by atoms with E-state index < -0.39 is 0 Å². The fourth-order valence-corrected chi connectivity index (χ4v) is 1.32. The minimum atomic E-state index is 0.0684. The number of nitrogens with one attached hydrogen (secondary N) is 1. The molecule has 3 nitrogen and oxygen atoms in total. The monoisotopic (exact) mass is 187 g/mol. The van der Waals surface area contributed by atoms with Crippen LogP contribution in [-0.2, 0) is 9.53 Å². The molecule has 68 valence electrons. The summed E-state index contributed by atoms with van der Waals surface area (Å²) in [6.45, 7) is 1.30. The van der Waals surface area contributed by atoms with Gasteiger partial charge >= 0.3 is 0 Å². The molecule has 0 atom stereocenters. The van der Waals surface area contributed by atoms with Gasteiger partial charge < -0.3 is 10.1 Å². The Morgan fingerprint density at radius 1 is 1.83 bits per heavy atom. The van der Waals surface area contributed by atoms with Crippen LogP contribution in [-0.4, -0.2) is 31.1 Å². The van der Waals surface area contributed by atoms with E-state index in [1.165, 1.54) is 11.8 Å². The molecular formula is C8H13NO2S. The lowest BCUT2D eigenvalue weighted by Crippen LogP contribution is -2.27. The number of rotatable bonds is 4. The second-order valence-corrected chi connectivity index (χ2v) is 3.38. The first-order valence-electron chi connectivity index (χ1n) is 3.90. The Morgan fingerprint density at radius 2 is 2.67 bits per heavy atom. The summed E-state index contributed by atoms with van der Waals surface area (Å²) in [4.78, 5) is 11.0. The quantitative estimate of drug-likeness (QED) is 0.706. The summed E-state index contributed by atoms with van der Waals surface area (Å²) < 4.78 is 5.22. The molecule has 0 aromatic rings. The Morgan fingerprint density at radius 3 is 3.25 bits per heavy atom. The highest BCUT2D eigenvalue weighted by Crippen LogP contribution is 2.06. The zero-order valence-electron chi connectivity index (χ0n) is 7.13. The minimum Gasteiger partial charge on any atom is -0.496 e. The van der Waals surface area contributed by atoms with E-state index in [2.05, 4.69) is 5.32 Å². The Labute approximate surface area is 76.5 Å². The SMILES string of the molecule is CSCC(=O)NCC1=CCCO1. The molecule has 1 aliphatic heterocycles. The van der Waals surface area contributed by atoms with Crippen LogP contribution in [0, 0.1) is 0 Å². The summed E-state index contributed by atoms with van der Waals surface area (Å²) >= 11 is 1.52. The van der Waals surface area contributed by atoms with Crippen LogP contribution in [0.15, 0.2) is 11.8 Å². The highest BCUT2D eigenvalue weighted by atomic mass is 32.2. The van der Waals surface area contributed by atoms with Gasteiger partial charge in [0.2, 0.25) is 5.91 Å². The molecule has 1 N–H and O–H groups in total. The molecule has 1 aliphatic rings. The Balaban J connectivity index is 2.12. The van der Waals surface area contributed by atoms with E-state index in [1.54, 1.807) is 0 Å². The van der Waals surface area contributed by atoms with Crippen LogP contribution in [0.5, 0.6) is 0 Å². The summed E-state index contributed by atoms with van der Waals surface area (Å²) in [6.07, 6.45) is 4.89. The van der Waals surface area contributed by atoms with E-state index in [0.29, 0.717) is 12.3 Å². The lowest BCUT2D eigenvalue weighted by molar-refractivity contribution is -0.118. The second kappa shape index (κ2) is 5.09. The van der Waals surface area contributed by atoms with Crippen molar-refractivity contribution in [3.8, 4) is 0 Å². The van der Waals surface area contributed by atoms with Gasteiger partial charge in [0.15, 0.2) is 0 Å². The second-order valence-electron chi connectivity index (χ2n) is 2.52. The number of carbonyl (C=O) groups is 1. The molecule has 12 heavy (non-hydrogen) atoms. The third-order valence-corrected chi connectivity index (χ3v) is 2.06. The van der Waals surface area contributed by atoms with Crippen molar-refractivity contribution >= 4 is 17.7 Å². The lowest BCUT2D eigenvalue weighted by atomic mass is 10.4. The normalized spacial score (nSPS) is 15.2.